The minimum atomic E-state index is -4.42. The van der Waals surface area contributed by atoms with Gasteiger partial charge in [-0.25, -0.2) is 4.98 Å². The van der Waals surface area contributed by atoms with Crippen molar-refractivity contribution in [2.45, 2.75) is 12.3 Å². The fourth-order valence-corrected chi connectivity index (χ4v) is 1.71. The third-order valence-corrected chi connectivity index (χ3v) is 2.77. The molecule has 1 aromatic heterocycles. The summed E-state index contributed by atoms with van der Waals surface area (Å²) < 4.78 is 36.1. The maximum Gasteiger partial charge on any atom is 0.443 e. The number of aliphatic hydroxyl groups is 1. The van der Waals surface area contributed by atoms with E-state index < -0.39 is 17.3 Å². The Labute approximate surface area is 84.5 Å². The lowest BCUT2D eigenvalue weighted by Crippen LogP contribution is -2.06. The first-order chi connectivity index (χ1) is 5.95. The number of nitrogens with zero attached hydrogens (tertiary/aromatic N) is 1. The van der Waals surface area contributed by atoms with E-state index in [2.05, 4.69) is 20.9 Å². The summed E-state index contributed by atoms with van der Waals surface area (Å²) in [6.45, 7) is 0. The number of aliphatic hydroxyl groups excluding tert-OH is 1. The quantitative estimate of drug-likeness (QED) is 0.842. The molecule has 0 unspecified atom stereocenters. The van der Waals surface area contributed by atoms with Gasteiger partial charge >= 0.3 is 6.18 Å². The molecule has 0 saturated carbocycles. The molecule has 0 spiro atoms. The average Bonchev–Trinajstić information content (AvgIpc) is 2.50. The van der Waals surface area contributed by atoms with Gasteiger partial charge in [-0.05, 0) is 0 Å². The summed E-state index contributed by atoms with van der Waals surface area (Å²) in [6.07, 6.45) is -5.40. The maximum absolute atomic E-state index is 12.0. The normalized spacial score (nSPS) is 14.5. The van der Waals surface area contributed by atoms with E-state index in [1.807, 2.05) is 0 Å². The largest absolute Gasteiger partial charge is 0.443 e. The maximum atomic E-state index is 12.0. The zero-order valence-electron chi connectivity index (χ0n) is 6.18. The molecular weight excluding hydrogens is 271 g/mol. The third-order valence-electron chi connectivity index (χ3n) is 1.25. The standard InChI is InChI=1S/C6H5BrF3NOS/c7-1-4(12)3-2-13-5(11-3)6(8,9)10/h2,4,12H,1H2/t4-/m0/s1. The van der Waals surface area contributed by atoms with Crippen molar-refractivity contribution >= 4 is 27.3 Å². The van der Waals surface area contributed by atoms with Crippen LogP contribution in [-0.4, -0.2) is 15.4 Å². The number of alkyl halides is 4. The zero-order chi connectivity index (χ0) is 10.1. The van der Waals surface area contributed by atoms with Gasteiger partial charge in [0.25, 0.3) is 0 Å². The summed E-state index contributed by atoms with van der Waals surface area (Å²) in [5, 5.41) is 9.59. The summed E-state index contributed by atoms with van der Waals surface area (Å²) in [5.41, 5.74) is 0.0502. The highest BCUT2D eigenvalue weighted by Gasteiger charge is 2.35. The van der Waals surface area contributed by atoms with Gasteiger partial charge in [-0.15, -0.1) is 11.3 Å². The van der Waals surface area contributed by atoms with E-state index in [4.69, 9.17) is 5.11 Å². The number of aromatic nitrogens is 1. The van der Waals surface area contributed by atoms with Crippen LogP contribution in [-0.2, 0) is 6.18 Å². The van der Waals surface area contributed by atoms with Gasteiger partial charge in [-0.1, -0.05) is 15.9 Å². The highest BCUT2D eigenvalue weighted by atomic mass is 79.9. The van der Waals surface area contributed by atoms with Crippen LogP contribution < -0.4 is 0 Å². The second-order valence-electron chi connectivity index (χ2n) is 2.25. The molecule has 0 bridgehead atoms. The molecular formula is C6H5BrF3NOS. The summed E-state index contributed by atoms with van der Waals surface area (Å²) in [6, 6.07) is 0. The van der Waals surface area contributed by atoms with Crippen molar-refractivity contribution < 1.29 is 18.3 Å². The van der Waals surface area contributed by atoms with Crippen LogP contribution in [0.25, 0.3) is 0 Å². The molecule has 1 atom stereocenters. The Bertz CT molecular complexity index is 288. The molecule has 2 nitrogen and oxygen atoms in total. The first kappa shape index (κ1) is 10.9. The Morgan fingerprint density at radius 2 is 2.23 bits per heavy atom. The lowest BCUT2D eigenvalue weighted by Gasteiger charge is -2.02. The van der Waals surface area contributed by atoms with E-state index in [0.717, 1.165) is 0 Å². The summed E-state index contributed by atoms with van der Waals surface area (Å²) >= 11 is 3.43. The molecule has 0 radical (unpaired) electrons. The van der Waals surface area contributed by atoms with Gasteiger partial charge in [-0.2, -0.15) is 13.2 Å². The van der Waals surface area contributed by atoms with Gasteiger partial charge in [0.1, 0.15) is 6.10 Å². The second kappa shape index (κ2) is 3.93. The van der Waals surface area contributed by atoms with Crippen LogP contribution in [0.5, 0.6) is 0 Å². The van der Waals surface area contributed by atoms with Gasteiger partial charge in [0.05, 0.1) is 5.69 Å². The highest BCUT2D eigenvalue weighted by Crippen LogP contribution is 2.32. The molecule has 0 aliphatic rings. The van der Waals surface area contributed by atoms with Crippen LogP contribution in [0.1, 0.15) is 16.8 Å². The van der Waals surface area contributed by atoms with Crippen LogP contribution in [0.4, 0.5) is 13.2 Å². The Balaban J connectivity index is 2.87. The molecule has 1 rings (SSSR count). The molecule has 0 aliphatic carbocycles. The zero-order valence-corrected chi connectivity index (χ0v) is 8.58. The molecule has 7 heteroatoms. The first-order valence-electron chi connectivity index (χ1n) is 3.22. The van der Waals surface area contributed by atoms with Crippen LogP contribution in [0.2, 0.25) is 0 Å². The summed E-state index contributed by atoms with van der Waals surface area (Å²) in [4.78, 5) is 3.27. The topological polar surface area (TPSA) is 33.1 Å². The average molecular weight is 276 g/mol. The first-order valence-corrected chi connectivity index (χ1v) is 5.22. The third kappa shape index (κ3) is 2.65. The second-order valence-corrected chi connectivity index (χ2v) is 3.75. The van der Waals surface area contributed by atoms with E-state index in [9.17, 15) is 13.2 Å². The molecule has 1 aromatic rings. The highest BCUT2D eigenvalue weighted by molar-refractivity contribution is 9.09. The Morgan fingerprint density at radius 1 is 1.62 bits per heavy atom. The lowest BCUT2D eigenvalue weighted by molar-refractivity contribution is -0.137. The number of halogens is 4. The van der Waals surface area contributed by atoms with Crippen LogP contribution >= 0.6 is 27.3 Å². The van der Waals surface area contributed by atoms with Crippen LogP contribution in [0, 0.1) is 0 Å². The molecule has 1 N–H and O–H groups in total. The fourth-order valence-electron chi connectivity index (χ4n) is 0.648. The lowest BCUT2D eigenvalue weighted by atomic mass is 10.3. The minimum absolute atomic E-state index is 0.0502. The van der Waals surface area contributed by atoms with E-state index in [-0.39, 0.29) is 11.0 Å². The van der Waals surface area contributed by atoms with Gasteiger partial charge in [-0.3, -0.25) is 0 Å². The number of rotatable bonds is 2. The molecule has 13 heavy (non-hydrogen) atoms. The predicted molar refractivity (Wildman–Crippen MR) is 45.9 cm³/mol. The van der Waals surface area contributed by atoms with Gasteiger partial charge in [0.2, 0.25) is 0 Å². The molecule has 0 saturated heterocycles. The van der Waals surface area contributed by atoms with E-state index in [1.165, 1.54) is 5.38 Å². The molecule has 74 valence electrons. The van der Waals surface area contributed by atoms with E-state index in [1.54, 1.807) is 0 Å². The Hall–Kier alpha value is -0.140. The van der Waals surface area contributed by atoms with Crippen molar-refractivity contribution in [2.75, 3.05) is 5.33 Å². The molecule has 0 amide bonds. The Kier molecular flexibility index (Phi) is 3.31. The van der Waals surface area contributed by atoms with E-state index >= 15 is 0 Å². The van der Waals surface area contributed by atoms with Gasteiger partial charge in [0, 0.05) is 10.7 Å². The molecule has 1 heterocycles. The number of thiazole rings is 1. The van der Waals surface area contributed by atoms with Crippen molar-refractivity contribution in [3.63, 3.8) is 0 Å². The van der Waals surface area contributed by atoms with Gasteiger partial charge < -0.3 is 5.11 Å². The smallest absolute Gasteiger partial charge is 0.386 e. The number of hydrogen-bond acceptors (Lipinski definition) is 3. The predicted octanol–water partition coefficient (Wildman–Crippen LogP) is 2.59. The van der Waals surface area contributed by atoms with Crippen LogP contribution in [0.15, 0.2) is 5.38 Å². The molecule has 0 aromatic carbocycles. The van der Waals surface area contributed by atoms with Crippen molar-refractivity contribution in [2.24, 2.45) is 0 Å². The monoisotopic (exact) mass is 275 g/mol. The SMILES string of the molecule is O[C@@H](CBr)c1csc(C(F)(F)F)n1. The minimum Gasteiger partial charge on any atom is -0.386 e. The van der Waals surface area contributed by atoms with Crippen molar-refractivity contribution in [3.8, 4) is 0 Å². The number of hydrogen-bond donors (Lipinski definition) is 1. The van der Waals surface area contributed by atoms with Crippen molar-refractivity contribution in [3.05, 3.63) is 16.1 Å². The molecule has 0 fully saturated rings. The Morgan fingerprint density at radius 3 is 2.62 bits per heavy atom. The fraction of sp³-hybridized carbons (Fsp3) is 0.500. The van der Waals surface area contributed by atoms with Crippen LogP contribution in [0.3, 0.4) is 0 Å². The summed E-state index contributed by atoms with van der Waals surface area (Å²) in [5.74, 6) is 0. The summed E-state index contributed by atoms with van der Waals surface area (Å²) in [7, 11) is 0. The van der Waals surface area contributed by atoms with Crippen molar-refractivity contribution in [1.29, 1.82) is 0 Å². The van der Waals surface area contributed by atoms with Crippen molar-refractivity contribution in [1.82, 2.24) is 4.98 Å². The van der Waals surface area contributed by atoms with Gasteiger partial charge in [0.15, 0.2) is 5.01 Å². The molecule has 0 aliphatic heterocycles. The van der Waals surface area contributed by atoms with E-state index in [0.29, 0.717) is 11.3 Å².